The van der Waals surface area contributed by atoms with E-state index in [1.807, 2.05) is 31.2 Å². The molecule has 3 heteroatoms. The van der Waals surface area contributed by atoms with Gasteiger partial charge in [-0.15, -0.1) is 0 Å². The summed E-state index contributed by atoms with van der Waals surface area (Å²) < 4.78 is 0. The van der Waals surface area contributed by atoms with Gasteiger partial charge in [-0.25, -0.2) is 0 Å². The van der Waals surface area contributed by atoms with Crippen LogP contribution in [-0.4, -0.2) is 16.2 Å². The number of aryl methyl sites for hydroxylation is 1. The molecule has 98 valence electrons. The van der Waals surface area contributed by atoms with Crippen molar-refractivity contribution < 1.29 is 15.0 Å². The zero-order valence-electron chi connectivity index (χ0n) is 10.7. The van der Waals surface area contributed by atoms with Crippen molar-refractivity contribution in [3.63, 3.8) is 0 Å². The Bertz CT molecular complexity index is 556. The molecule has 3 nitrogen and oxygen atoms in total. The summed E-state index contributed by atoms with van der Waals surface area (Å²) in [5, 5.41) is 18.6. The molecule has 0 saturated heterocycles. The molecule has 0 aromatic heterocycles. The van der Waals surface area contributed by atoms with Gasteiger partial charge in [-0.2, -0.15) is 0 Å². The van der Waals surface area contributed by atoms with Crippen LogP contribution in [0, 0.1) is 6.92 Å². The fourth-order valence-electron chi connectivity index (χ4n) is 2.01. The maximum Gasteiger partial charge on any atom is 0.311 e. The lowest BCUT2D eigenvalue weighted by molar-refractivity contribution is -0.138. The van der Waals surface area contributed by atoms with Gasteiger partial charge in [0.05, 0.1) is 5.92 Å². The first kappa shape index (κ1) is 13.1. The normalized spacial score (nSPS) is 12.1. The van der Waals surface area contributed by atoms with Crippen molar-refractivity contribution in [3.8, 4) is 5.75 Å². The van der Waals surface area contributed by atoms with Gasteiger partial charge in [-0.05, 0) is 36.6 Å². The fourth-order valence-corrected chi connectivity index (χ4v) is 2.01. The number of benzene rings is 2. The molecule has 2 rings (SSSR count). The predicted octanol–water partition coefficient (Wildman–Crippen LogP) is 3.11. The van der Waals surface area contributed by atoms with E-state index in [9.17, 15) is 15.0 Å². The van der Waals surface area contributed by atoms with E-state index in [4.69, 9.17) is 0 Å². The lowest BCUT2D eigenvalue weighted by Gasteiger charge is -2.13. The summed E-state index contributed by atoms with van der Waals surface area (Å²) in [6.45, 7) is 2.00. The quantitative estimate of drug-likeness (QED) is 0.883. The van der Waals surface area contributed by atoms with E-state index in [2.05, 4.69) is 0 Å². The SMILES string of the molecule is Cc1ccc(CC(C(=O)O)c2ccc(O)cc2)cc1. The highest BCUT2D eigenvalue weighted by molar-refractivity contribution is 5.76. The molecule has 0 aliphatic heterocycles. The van der Waals surface area contributed by atoms with Gasteiger partial charge < -0.3 is 10.2 Å². The summed E-state index contributed by atoms with van der Waals surface area (Å²) in [4.78, 5) is 11.4. The van der Waals surface area contributed by atoms with E-state index < -0.39 is 11.9 Å². The summed E-state index contributed by atoms with van der Waals surface area (Å²) in [7, 11) is 0. The summed E-state index contributed by atoms with van der Waals surface area (Å²) in [6, 6.07) is 14.2. The molecule has 1 atom stereocenters. The van der Waals surface area contributed by atoms with E-state index >= 15 is 0 Å². The van der Waals surface area contributed by atoms with Gasteiger partial charge in [0, 0.05) is 0 Å². The molecule has 0 saturated carbocycles. The molecule has 0 radical (unpaired) electrons. The minimum Gasteiger partial charge on any atom is -0.508 e. The van der Waals surface area contributed by atoms with Crippen molar-refractivity contribution in [2.75, 3.05) is 0 Å². The zero-order chi connectivity index (χ0) is 13.8. The molecular formula is C16H16O3. The minimum atomic E-state index is -0.855. The Morgan fingerprint density at radius 1 is 1.05 bits per heavy atom. The molecule has 0 aliphatic rings. The van der Waals surface area contributed by atoms with Crippen molar-refractivity contribution in [3.05, 3.63) is 65.2 Å². The van der Waals surface area contributed by atoms with Crippen LogP contribution in [0.4, 0.5) is 0 Å². The smallest absolute Gasteiger partial charge is 0.311 e. The second-order valence-corrected chi connectivity index (χ2v) is 4.67. The Balaban J connectivity index is 2.23. The monoisotopic (exact) mass is 256 g/mol. The number of hydrogen-bond acceptors (Lipinski definition) is 2. The van der Waals surface area contributed by atoms with Crippen molar-refractivity contribution in [1.29, 1.82) is 0 Å². The van der Waals surface area contributed by atoms with E-state index in [0.717, 1.165) is 11.1 Å². The van der Waals surface area contributed by atoms with Crippen molar-refractivity contribution in [2.45, 2.75) is 19.3 Å². The number of rotatable bonds is 4. The Hall–Kier alpha value is -2.29. The third-order valence-electron chi connectivity index (χ3n) is 3.15. The van der Waals surface area contributed by atoms with Gasteiger partial charge in [0.1, 0.15) is 5.75 Å². The molecule has 0 amide bonds. The van der Waals surface area contributed by atoms with Gasteiger partial charge in [-0.3, -0.25) is 4.79 Å². The Labute approximate surface area is 112 Å². The number of phenols is 1. The van der Waals surface area contributed by atoms with Crippen molar-refractivity contribution in [2.24, 2.45) is 0 Å². The van der Waals surface area contributed by atoms with Crippen LogP contribution in [0.25, 0.3) is 0 Å². The van der Waals surface area contributed by atoms with Crippen LogP contribution < -0.4 is 0 Å². The van der Waals surface area contributed by atoms with Gasteiger partial charge in [0.2, 0.25) is 0 Å². The van der Waals surface area contributed by atoms with Crippen LogP contribution in [0.5, 0.6) is 5.75 Å². The van der Waals surface area contributed by atoms with Crippen LogP contribution in [-0.2, 0) is 11.2 Å². The van der Waals surface area contributed by atoms with E-state index in [1.165, 1.54) is 12.1 Å². The van der Waals surface area contributed by atoms with Crippen LogP contribution in [0.1, 0.15) is 22.6 Å². The zero-order valence-corrected chi connectivity index (χ0v) is 10.7. The second kappa shape index (κ2) is 5.57. The van der Waals surface area contributed by atoms with Gasteiger partial charge in [0.25, 0.3) is 0 Å². The highest BCUT2D eigenvalue weighted by Crippen LogP contribution is 2.23. The average molecular weight is 256 g/mol. The van der Waals surface area contributed by atoms with E-state index in [1.54, 1.807) is 12.1 Å². The number of carboxylic acid groups (broad SMARTS) is 1. The van der Waals surface area contributed by atoms with Crippen molar-refractivity contribution >= 4 is 5.97 Å². The Morgan fingerprint density at radius 3 is 2.16 bits per heavy atom. The third kappa shape index (κ3) is 3.35. The lowest BCUT2D eigenvalue weighted by Crippen LogP contribution is -2.14. The highest BCUT2D eigenvalue weighted by Gasteiger charge is 2.20. The average Bonchev–Trinajstić information content (AvgIpc) is 2.39. The molecule has 2 aromatic rings. The highest BCUT2D eigenvalue weighted by atomic mass is 16.4. The summed E-state index contributed by atoms with van der Waals surface area (Å²) in [5.74, 6) is -1.31. The van der Waals surface area contributed by atoms with Crippen LogP contribution in [0.2, 0.25) is 0 Å². The molecule has 19 heavy (non-hydrogen) atoms. The minimum absolute atomic E-state index is 0.142. The topological polar surface area (TPSA) is 57.5 Å². The molecular weight excluding hydrogens is 240 g/mol. The molecule has 0 fully saturated rings. The standard InChI is InChI=1S/C16H16O3/c1-11-2-4-12(5-3-11)10-15(16(18)19)13-6-8-14(17)9-7-13/h2-9,15,17H,10H2,1H3,(H,18,19). The second-order valence-electron chi connectivity index (χ2n) is 4.67. The van der Waals surface area contributed by atoms with Gasteiger partial charge in [-0.1, -0.05) is 42.0 Å². The predicted molar refractivity (Wildman–Crippen MR) is 73.4 cm³/mol. The maximum atomic E-state index is 11.4. The molecule has 0 aliphatic carbocycles. The molecule has 0 heterocycles. The van der Waals surface area contributed by atoms with E-state index in [-0.39, 0.29) is 5.75 Å². The fraction of sp³-hybridized carbons (Fsp3) is 0.188. The molecule has 1 unspecified atom stereocenters. The summed E-state index contributed by atoms with van der Waals surface area (Å²) in [5.41, 5.74) is 2.84. The first-order valence-electron chi connectivity index (χ1n) is 6.13. The van der Waals surface area contributed by atoms with Gasteiger partial charge >= 0.3 is 5.97 Å². The Kier molecular flexibility index (Phi) is 3.85. The van der Waals surface area contributed by atoms with Gasteiger partial charge in [0.15, 0.2) is 0 Å². The molecule has 0 bridgehead atoms. The maximum absolute atomic E-state index is 11.4. The Morgan fingerprint density at radius 2 is 1.63 bits per heavy atom. The first-order chi connectivity index (χ1) is 9.06. The third-order valence-corrected chi connectivity index (χ3v) is 3.15. The largest absolute Gasteiger partial charge is 0.508 e. The number of aliphatic carboxylic acids is 1. The molecule has 2 aromatic carbocycles. The number of phenolic OH excluding ortho intramolecular Hbond substituents is 1. The van der Waals surface area contributed by atoms with Crippen molar-refractivity contribution in [1.82, 2.24) is 0 Å². The number of aromatic hydroxyl groups is 1. The van der Waals surface area contributed by atoms with Crippen LogP contribution in [0.3, 0.4) is 0 Å². The number of carbonyl (C=O) groups is 1. The lowest BCUT2D eigenvalue weighted by atomic mass is 9.92. The number of carboxylic acids is 1. The molecule has 0 spiro atoms. The summed E-state index contributed by atoms with van der Waals surface area (Å²) in [6.07, 6.45) is 0.445. The molecule has 2 N–H and O–H groups in total. The van der Waals surface area contributed by atoms with E-state index in [0.29, 0.717) is 12.0 Å². The first-order valence-corrected chi connectivity index (χ1v) is 6.13. The number of hydrogen-bond donors (Lipinski definition) is 2. The van der Waals surface area contributed by atoms with Crippen LogP contribution in [0.15, 0.2) is 48.5 Å². The summed E-state index contributed by atoms with van der Waals surface area (Å²) >= 11 is 0. The van der Waals surface area contributed by atoms with Crippen LogP contribution >= 0.6 is 0 Å².